The van der Waals surface area contributed by atoms with Gasteiger partial charge in [0.25, 0.3) is 0 Å². The quantitative estimate of drug-likeness (QED) is 0.877. The van der Waals surface area contributed by atoms with E-state index in [9.17, 15) is 8.42 Å². The molecule has 21 heavy (non-hydrogen) atoms. The lowest BCUT2D eigenvalue weighted by molar-refractivity contribution is 0.135. The lowest BCUT2D eigenvalue weighted by Crippen LogP contribution is -2.53. The summed E-state index contributed by atoms with van der Waals surface area (Å²) in [5.74, 6) is 0. The molecule has 1 unspecified atom stereocenters. The minimum Gasteiger partial charge on any atom is -0.330 e. The summed E-state index contributed by atoms with van der Waals surface area (Å²) in [7, 11) is -3.38. The van der Waals surface area contributed by atoms with E-state index >= 15 is 0 Å². The van der Waals surface area contributed by atoms with Gasteiger partial charge in [-0.2, -0.15) is 4.31 Å². The summed E-state index contributed by atoms with van der Waals surface area (Å²) in [6.45, 7) is 7.63. The molecule has 1 aromatic rings. The van der Waals surface area contributed by atoms with Crippen molar-refractivity contribution in [2.24, 2.45) is 5.73 Å². The van der Waals surface area contributed by atoms with Gasteiger partial charge in [-0.25, -0.2) is 8.42 Å². The third-order valence-corrected chi connectivity index (χ3v) is 6.01. The molecule has 0 radical (unpaired) electrons. The molecule has 1 aliphatic rings. The second-order valence-corrected chi connectivity index (χ2v) is 7.46. The third-order valence-electron chi connectivity index (χ3n) is 4.13. The van der Waals surface area contributed by atoms with Crippen LogP contribution < -0.4 is 5.73 Å². The highest BCUT2D eigenvalue weighted by Gasteiger charge is 2.31. The fourth-order valence-electron chi connectivity index (χ4n) is 2.79. The van der Waals surface area contributed by atoms with Crippen LogP contribution in [-0.4, -0.2) is 56.4 Å². The highest BCUT2D eigenvalue weighted by Crippen LogP contribution is 2.20. The van der Waals surface area contributed by atoms with Gasteiger partial charge in [0.05, 0.1) is 4.90 Å². The van der Waals surface area contributed by atoms with Crippen LogP contribution >= 0.6 is 0 Å². The maximum Gasteiger partial charge on any atom is 0.243 e. The largest absolute Gasteiger partial charge is 0.330 e. The zero-order valence-electron chi connectivity index (χ0n) is 12.8. The van der Waals surface area contributed by atoms with E-state index in [1.54, 1.807) is 16.4 Å². The fraction of sp³-hybridized carbons (Fsp3) is 0.600. The summed E-state index contributed by atoms with van der Waals surface area (Å²) in [5.41, 5.74) is 6.58. The Morgan fingerprint density at radius 3 is 2.43 bits per heavy atom. The molecule has 5 nitrogen and oxygen atoms in total. The van der Waals surface area contributed by atoms with E-state index in [1.165, 1.54) is 0 Å². The normalized spacial score (nSPS) is 21.6. The van der Waals surface area contributed by atoms with Gasteiger partial charge in [-0.05, 0) is 44.1 Å². The first kappa shape index (κ1) is 16.4. The maximum atomic E-state index is 12.7. The van der Waals surface area contributed by atoms with Gasteiger partial charge < -0.3 is 5.73 Å². The van der Waals surface area contributed by atoms with Crippen LogP contribution in [0.4, 0.5) is 0 Å². The highest BCUT2D eigenvalue weighted by atomic mass is 32.2. The average Bonchev–Trinajstić information content (AvgIpc) is 2.48. The molecule has 0 spiro atoms. The van der Waals surface area contributed by atoms with Crippen molar-refractivity contribution >= 4 is 10.0 Å². The molecule has 0 aliphatic carbocycles. The molecule has 6 heteroatoms. The number of hydrogen-bond acceptors (Lipinski definition) is 4. The lowest BCUT2D eigenvalue weighted by Gasteiger charge is -2.38. The Morgan fingerprint density at radius 1 is 1.24 bits per heavy atom. The van der Waals surface area contributed by atoms with Crippen molar-refractivity contribution in [3.05, 3.63) is 29.8 Å². The molecule has 1 aliphatic heterocycles. The molecule has 1 atom stereocenters. The Labute approximate surface area is 127 Å². The van der Waals surface area contributed by atoms with Gasteiger partial charge >= 0.3 is 0 Å². The van der Waals surface area contributed by atoms with Gasteiger partial charge in [0.2, 0.25) is 10.0 Å². The zero-order chi connectivity index (χ0) is 15.5. The summed E-state index contributed by atoms with van der Waals surface area (Å²) < 4.78 is 27.0. The minimum absolute atomic E-state index is 0.259. The van der Waals surface area contributed by atoms with Crippen molar-refractivity contribution in [1.29, 1.82) is 0 Å². The molecular weight excluding hydrogens is 286 g/mol. The van der Waals surface area contributed by atoms with Crippen LogP contribution in [0.2, 0.25) is 0 Å². The monoisotopic (exact) mass is 311 g/mol. The molecule has 0 bridgehead atoms. The highest BCUT2D eigenvalue weighted by molar-refractivity contribution is 7.89. The van der Waals surface area contributed by atoms with Crippen molar-refractivity contribution in [1.82, 2.24) is 9.21 Å². The van der Waals surface area contributed by atoms with Crippen LogP contribution in [0.3, 0.4) is 0 Å². The van der Waals surface area contributed by atoms with Crippen LogP contribution in [0, 0.1) is 0 Å². The molecule has 0 saturated carbocycles. The number of hydrogen-bond donors (Lipinski definition) is 1. The minimum atomic E-state index is -3.38. The van der Waals surface area contributed by atoms with Crippen LogP contribution in [-0.2, 0) is 16.4 Å². The Balaban J connectivity index is 2.14. The first-order valence-electron chi connectivity index (χ1n) is 7.52. The average molecular weight is 311 g/mol. The molecule has 118 valence electrons. The van der Waals surface area contributed by atoms with Crippen molar-refractivity contribution in [2.45, 2.75) is 31.2 Å². The predicted molar refractivity (Wildman–Crippen MR) is 84.7 cm³/mol. The molecule has 2 N–H and O–H groups in total. The number of piperazine rings is 1. The summed E-state index contributed by atoms with van der Waals surface area (Å²) in [6.07, 6.45) is 0.770. The van der Waals surface area contributed by atoms with Crippen molar-refractivity contribution in [2.75, 3.05) is 32.7 Å². The molecule has 2 rings (SSSR count). The number of likely N-dealkylation sites (N-methyl/N-ethyl adjacent to an activating group) is 1. The van der Waals surface area contributed by atoms with Crippen LogP contribution in [0.15, 0.2) is 29.2 Å². The van der Waals surface area contributed by atoms with Crippen LogP contribution in [0.25, 0.3) is 0 Å². The van der Waals surface area contributed by atoms with Crippen LogP contribution in [0.5, 0.6) is 0 Å². The van der Waals surface area contributed by atoms with Crippen LogP contribution in [0.1, 0.15) is 19.4 Å². The number of nitrogens with two attached hydrogens (primary N) is 1. The van der Waals surface area contributed by atoms with Gasteiger partial charge in [0.1, 0.15) is 0 Å². The zero-order valence-corrected chi connectivity index (χ0v) is 13.6. The topological polar surface area (TPSA) is 66.6 Å². The van der Waals surface area contributed by atoms with Crippen molar-refractivity contribution in [3.8, 4) is 0 Å². The standard InChI is InChI=1S/C15H25N3O2S/c1-3-17-10-11-18(12-13(17)2)21(19,20)15-6-4-14(5-7-15)8-9-16/h4-7,13H,3,8-12,16H2,1-2H3. The number of nitrogens with zero attached hydrogens (tertiary/aromatic N) is 2. The number of benzene rings is 1. The molecule has 1 saturated heterocycles. The Morgan fingerprint density at radius 2 is 1.90 bits per heavy atom. The van der Waals surface area contributed by atoms with Gasteiger partial charge in [-0.15, -0.1) is 0 Å². The second kappa shape index (κ2) is 6.87. The molecular formula is C15H25N3O2S. The van der Waals surface area contributed by atoms with Crippen molar-refractivity contribution < 1.29 is 8.42 Å². The van der Waals surface area contributed by atoms with Gasteiger partial charge in [0.15, 0.2) is 0 Å². The second-order valence-electron chi connectivity index (χ2n) is 5.52. The van der Waals surface area contributed by atoms with E-state index in [-0.39, 0.29) is 6.04 Å². The molecule has 1 heterocycles. The van der Waals surface area contributed by atoms with Gasteiger partial charge in [-0.1, -0.05) is 19.1 Å². The van der Waals surface area contributed by atoms with E-state index in [1.807, 2.05) is 12.1 Å². The fourth-order valence-corrected chi connectivity index (χ4v) is 4.31. The third kappa shape index (κ3) is 3.63. The smallest absolute Gasteiger partial charge is 0.243 e. The van der Waals surface area contributed by atoms with E-state index in [2.05, 4.69) is 18.7 Å². The summed E-state index contributed by atoms with van der Waals surface area (Å²) in [6, 6.07) is 7.35. The van der Waals surface area contributed by atoms with Gasteiger partial charge in [0, 0.05) is 25.7 Å². The summed E-state index contributed by atoms with van der Waals surface area (Å²) in [4.78, 5) is 2.68. The summed E-state index contributed by atoms with van der Waals surface area (Å²) in [5, 5.41) is 0. The number of sulfonamides is 1. The van der Waals surface area contributed by atoms with E-state index in [0.717, 1.165) is 25.1 Å². The lowest BCUT2D eigenvalue weighted by atomic mass is 10.2. The Hall–Kier alpha value is -0.950. The first-order chi connectivity index (χ1) is 9.98. The van der Waals surface area contributed by atoms with Gasteiger partial charge in [-0.3, -0.25) is 4.90 Å². The predicted octanol–water partition coefficient (Wildman–Crippen LogP) is 0.903. The van der Waals surface area contributed by atoms with Crippen molar-refractivity contribution in [3.63, 3.8) is 0 Å². The molecule has 0 aromatic heterocycles. The number of rotatable bonds is 5. The Bertz CT molecular complexity index is 557. The summed E-state index contributed by atoms with van der Waals surface area (Å²) >= 11 is 0. The molecule has 1 aromatic carbocycles. The maximum absolute atomic E-state index is 12.7. The van der Waals surface area contributed by atoms with E-state index < -0.39 is 10.0 Å². The molecule has 1 fully saturated rings. The van der Waals surface area contributed by atoms with E-state index in [0.29, 0.717) is 24.5 Å². The van der Waals surface area contributed by atoms with E-state index in [4.69, 9.17) is 5.73 Å². The Kier molecular flexibility index (Phi) is 5.37. The first-order valence-corrected chi connectivity index (χ1v) is 8.96. The SMILES string of the molecule is CCN1CCN(S(=O)(=O)c2ccc(CCN)cc2)CC1C. The molecule has 0 amide bonds.